The van der Waals surface area contributed by atoms with E-state index in [2.05, 4.69) is 16.2 Å². The van der Waals surface area contributed by atoms with Crippen LogP contribution >= 0.6 is 11.3 Å². The Morgan fingerprint density at radius 1 is 1.30 bits per heavy atom. The topological polar surface area (TPSA) is 82.1 Å². The van der Waals surface area contributed by atoms with Crippen molar-refractivity contribution in [2.24, 2.45) is 0 Å². The summed E-state index contributed by atoms with van der Waals surface area (Å²) in [5.74, 6) is 0.587. The number of halogens is 1. The van der Waals surface area contributed by atoms with Gasteiger partial charge in [0.1, 0.15) is 17.3 Å². The number of hydrogen-bond donors (Lipinski definition) is 0. The van der Waals surface area contributed by atoms with Crippen molar-refractivity contribution in [3.8, 4) is 28.1 Å². The number of amides is 1. The average molecular weight is 421 g/mol. The van der Waals surface area contributed by atoms with Crippen LogP contribution < -0.4 is 4.74 Å². The van der Waals surface area contributed by atoms with Gasteiger partial charge >= 0.3 is 0 Å². The average Bonchev–Trinajstić information content (AvgIpc) is 3.08. The number of hydrogen-bond acceptors (Lipinski definition) is 7. The summed E-state index contributed by atoms with van der Waals surface area (Å²) >= 11 is 1.28. The number of ether oxygens (including phenoxy) is 1. The summed E-state index contributed by atoms with van der Waals surface area (Å²) in [5.41, 5.74) is 0.702. The van der Waals surface area contributed by atoms with Crippen LogP contribution in [0.15, 0.2) is 48.9 Å². The number of carbonyl (C=O) groups excluding carboxylic acids is 1. The van der Waals surface area contributed by atoms with Crippen molar-refractivity contribution in [1.29, 1.82) is 5.26 Å². The van der Waals surface area contributed by atoms with Crippen LogP contribution in [-0.2, 0) is 0 Å². The first-order valence-corrected chi connectivity index (χ1v) is 10.2. The number of rotatable bonds is 4. The zero-order valence-electron chi connectivity index (χ0n) is 15.9. The van der Waals surface area contributed by atoms with Crippen molar-refractivity contribution >= 4 is 17.2 Å². The first kappa shape index (κ1) is 18.5. The molecule has 2 aliphatic rings. The lowest BCUT2D eigenvalue weighted by Gasteiger charge is -2.20. The van der Waals surface area contributed by atoms with Crippen LogP contribution in [0.4, 0.5) is 4.39 Å². The summed E-state index contributed by atoms with van der Waals surface area (Å²) in [6.07, 6.45) is 7.06. The third-order valence-corrected chi connectivity index (χ3v) is 6.51. The molecule has 2 aromatic heterocycles. The SMILES string of the molecule is CC1[C@H]2C(CN1C#N)N2C(=O)c1ncc(-c2cnccc2Oc2ccc(F)cc2)s1. The van der Waals surface area contributed by atoms with Gasteiger partial charge in [-0.15, -0.1) is 11.3 Å². The molecule has 3 aromatic rings. The van der Waals surface area contributed by atoms with Crippen molar-refractivity contribution in [3.63, 3.8) is 0 Å². The minimum atomic E-state index is -0.338. The fraction of sp³-hybridized carbons (Fsp3) is 0.238. The van der Waals surface area contributed by atoms with Crippen molar-refractivity contribution in [3.05, 3.63) is 59.7 Å². The van der Waals surface area contributed by atoms with Crippen LogP contribution in [0, 0.1) is 17.3 Å². The maximum absolute atomic E-state index is 13.1. The minimum absolute atomic E-state index is 0.0254. The second-order valence-corrected chi connectivity index (χ2v) is 8.25. The maximum Gasteiger partial charge on any atom is 0.283 e. The number of pyridine rings is 1. The highest BCUT2D eigenvalue weighted by Gasteiger charge is 2.61. The molecule has 1 amide bonds. The molecule has 0 saturated carbocycles. The van der Waals surface area contributed by atoms with Crippen molar-refractivity contribution < 1.29 is 13.9 Å². The number of aromatic nitrogens is 2. The van der Waals surface area contributed by atoms with E-state index in [-0.39, 0.29) is 29.8 Å². The molecule has 1 aromatic carbocycles. The lowest BCUT2D eigenvalue weighted by atomic mass is 10.2. The number of benzene rings is 1. The summed E-state index contributed by atoms with van der Waals surface area (Å²) in [6, 6.07) is 7.64. The molecule has 5 rings (SSSR count). The van der Waals surface area contributed by atoms with E-state index in [0.29, 0.717) is 28.6 Å². The van der Waals surface area contributed by atoms with Crippen LogP contribution in [0.5, 0.6) is 11.5 Å². The van der Waals surface area contributed by atoms with Gasteiger partial charge in [0.2, 0.25) is 0 Å². The van der Waals surface area contributed by atoms with E-state index in [0.717, 1.165) is 4.88 Å². The van der Waals surface area contributed by atoms with Gasteiger partial charge in [0.15, 0.2) is 11.2 Å². The zero-order chi connectivity index (χ0) is 20.8. The van der Waals surface area contributed by atoms with Crippen molar-refractivity contribution in [2.75, 3.05) is 6.54 Å². The summed E-state index contributed by atoms with van der Waals surface area (Å²) in [7, 11) is 0. The predicted octanol–water partition coefficient (Wildman–Crippen LogP) is 3.51. The molecule has 9 heteroatoms. The summed E-state index contributed by atoms with van der Waals surface area (Å²) < 4.78 is 19.0. The molecule has 7 nitrogen and oxygen atoms in total. The van der Waals surface area contributed by atoms with Gasteiger partial charge in [-0.1, -0.05) is 0 Å². The van der Waals surface area contributed by atoms with Crippen LogP contribution in [-0.4, -0.2) is 50.3 Å². The highest BCUT2D eigenvalue weighted by Crippen LogP contribution is 2.42. The van der Waals surface area contributed by atoms with E-state index in [4.69, 9.17) is 10.00 Å². The maximum atomic E-state index is 13.1. The Morgan fingerprint density at radius 2 is 2.10 bits per heavy atom. The van der Waals surface area contributed by atoms with Gasteiger partial charge in [0, 0.05) is 18.6 Å². The van der Waals surface area contributed by atoms with E-state index in [9.17, 15) is 9.18 Å². The quantitative estimate of drug-likeness (QED) is 0.474. The molecular formula is C21H16FN5O2S. The van der Waals surface area contributed by atoms with Gasteiger partial charge in [-0.2, -0.15) is 5.26 Å². The molecular weight excluding hydrogens is 405 g/mol. The molecule has 3 atom stereocenters. The van der Waals surface area contributed by atoms with Crippen LogP contribution in [0.2, 0.25) is 0 Å². The highest BCUT2D eigenvalue weighted by atomic mass is 32.1. The highest BCUT2D eigenvalue weighted by molar-refractivity contribution is 7.17. The molecule has 2 fully saturated rings. The van der Waals surface area contributed by atoms with E-state index in [1.165, 1.54) is 23.5 Å². The number of nitrogens with zero attached hydrogens (tertiary/aromatic N) is 5. The molecule has 2 unspecified atom stereocenters. The van der Waals surface area contributed by atoms with E-state index < -0.39 is 0 Å². The number of nitriles is 1. The standard InChI is InChI=1S/C21H16FN5O2S/c1-12-19-16(10-26(12)11-23)27(19)21(28)20-25-9-18(30-20)15-8-24-7-6-17(15)29-14-4-2-13(22)3-5-14/h2-9,12,16,19H,10H2,1H3/t12?,16?,19-,27?/m0/s1. The van der Waals surface area contributed by atoms with Gasteiger partial charge in [-0.25, -0.2) is 9.37 Å². The second kappa shape index (κ2) is 7.07. The first-order chi connectivity index (χ1) is 14.6. The molecule has 30 heavy (non-hydrogen) atoms. The van der Waals surface area contributed by atoms with Crippen molar-refractivity contribution in [2.45, 2.75) is 25.0 Å². The third kappa shape index (κ3) is 3.06. The largest absolute Gasteiger partial charge is 0.457 e. The monoisotopic (exact) mass is 421 g/mol. The van der Waals surface area contributed by atoms with E-state index >= 15 is 0 Å². The number of fused-ring (bicyclic) bond motifs is 1. The Kier molecular flexibility index (Phi) is 4.37. The Hall–Kier alpha value is -3.51. The molecule has 0 aliphatic carbocycles. The van der Waals surface area contributed by atoms with Crippen LogP contribution in [0.1, 0.15) is 16.7 Å². The molecule has 2 saturated heterocycles. The van der Waals surface area contributed by atoms with Gasteiger partial charge in [-0.3, -0.25) is 9.78 Å². The third-order valence-electron chi connectivity index (χ3n) is 5.49. The normalized spacial score (nSPS) is 21.8. The Morgan fingerprint density at radius 3 is 2.80 bits per heavy atom. The number of likely N-dealkylation sites (tertiary alicyclic amines) is 1. The fourth-order valence-corrected chi connectivity index (χ4v) is 4.79. The fourth-order valence-electron chi connectivity index (χ4n) is 3.91. The lowest BCUT2D eigenvalue weighted by Crippen LogP contribution is -2.35. The summed E-state index contributed by atoms with van der Waals surface area (Å²) in [5, 5.41) is 9.51. The molecule has 0 radical (unpaired) electrons. The Bertz CT molecular complexity index is 1160. The molecule has 2 aliphatic heterocycles. The first-order valence-electron chi connectivity index (χ1n) is 9.39. The van der Waals surface area contributed by atoms with E-state index in [1.807, 2.05) is 6.92 Å². The molecule has 0 N–H and O–H groups in total. The van der Waals surface area contributed by atoms with Gasteiger partial charge in [0.05, 0.1) is 35.1 Å². The van der Waals surface area contributed by atoms with Crippen molar-refractivity contribution in [1.82, 2.24) is 19.8 Å². The smallest absolute Gasteiger partial charge is 0.283 e. The predicted molar refractivity (Wildman–Crippen MR) is 107 cm³/mol. The molecule has 0 bridgehead atoms. The zero-order valence-corrected chi connectivity index (χ0v) is 16.7. The number of carbonyl (C=O) groups is 1. The number of thiazole rings is 1. The minimum Gasteiger partial charge on any atom is -0.457 e. The number of piperazine rings is 1. The van der Waals surface area contributed by atoms with Gasteiger partial charge < -0.3 is 14.5 Å². The second-order valence-electron chi connectivity index (χ2n) is 7.22. The summed E-state index contributed by atoms with van der Waals surface area (Å²) in [4.78, 5) is 25.7. The van der Waals surface area contributed by atoms with Crippen LogP contribution in [0.25, 0.3) is 10.4 Å². The molecule has 0 spiro atoms. The van der Waals surface area contributed by atoms with E-state index in [1.54, 1.807) is 46.6 Å². The summed E-state index contributed by atoms with van der Waals surface area (Å²) in [6.45, 7) is 2.54. The molecule has 4 heterocycles. The Labute approximate surface area is 176 Å². The lowest BCUT2D eigenvalue weighted by molar-refractivity contribution is 0.0832. The van der Waals surface area contributed by atoms with Gasteiger partial charge in [-0.05, 0) is 37.3 Å². The van der Waals surface area contributed by atoms with Gasteiger partial charge in [0.25, 0.3) is 5.91 Å². The van der Waals surface area contributed by atoms with Crippen LogP contribution in [0.3, 0.4) is 0 Å². The molecule has 150 valence electrons. The Balaban J connectivity index is 1.36.